The van der Waals surface area contributed by atoms with Crippen LogP contribution in [0.4, 0.5) is 0 Å². The van der Waals surface area contributed by atoms with E-state index in [0.29, 0.717) is 19.4 Å². The van der Waals surface area contributed by atoms with Crippen LogP contribution in [0.2, 0.25) is 0 Å². The van der Waals surface area contributed by atoms with E-state index < -0.39 is 49.5 Å². The molecule has 6 N–H and O–H groups in total. The highest BCUT2D eigenvalue weighted by molar-refractivity contribution is 5.76. The molecule has 1 aliphatic heterocycles. The number of amides is 1. The second-order valence-corrected chi connectivity index (χ2v) is 22.5. The van der Waals surface area contributed by atoms with Crippen LogP contribution in [-0.2, 0) is 23.8 Å². The smallest absolute Gasteiger partial charge is 0.305 e. The summed E-state index contributed by atoms with van der Waals surface area (Å²) in [5, 5.41) is 54.2. The minimum Gasteiger partial charge on any atom is -0.466 e. The standard InChI is InChI=1S/C65H121NO10/c1-3-5-7-9-11-13-14-29-33-37-41-45-49-53-61(70)74-54-50-46-42-38-34-31-28-26-24-22-20-18-16-15-17-19-21-23-25-27-30-32-36-40-44-48-52-60(69)66-57(58(68)51-47-43-39-35-12-10-8-6-4-2)56-75-65-64(73)63(72)62(71)59(55-67)76-65/h12,15,17,35,47,51,57-59,62-65,67-68,71-73H,3-11,13-14,16,18-34,36-46,48-50,52-56H2,1-2H3,(H,66,69)/b17-15-,35-12+,51-47+. The first-order valence-electron chi connectivity index (χ1n) is 32.3. The first-order valence-corrected chi connectivity index (χ1v) is 32.3. The van der Waals surface area contributed by atoms with E-state index in [1.807, 2.05) is 6.08 Å². The van der Waals surface area contributed by atoms with Crippen LogP contribution in [0.15, 0.2) is 36.5 Å². The van der Waals surface area contributed by atoms with Crippen molar-refractivity contribution >= 4 is 11.9 Å². The van der Waals surface area contributed by atoms with Crippen LogP contribution in [0.3, 0.4) is 0 Å². The number of esters is 1. The fraction of sp³-hybridized carbons (Fsp3) is 0.877. The summed E-state index contributed by atoms with van der Waals surface area (Å²) in [6, 6.07) is -0.827. The van der Waals surface area contributed by atoms with Gasteiger partial charge in [-0.3, -0.25) is 9.59 Å². The highest BCUT2D eigenvalue weighted by atomic mass is 16.7. The number of carbonyl (C=O) groups is 2. The van der Waals surface area contributed by atoms with E-state index in [1.54, 1.807) is 6.08 Å². The van der Waals surface area contributed by atoms with Gasteiger partial charge in [-0.05, 0) is 70.6 Å². The Labute approximate surface area is 466 Å². The van der Waals surface area contributed by atoms with Gasteiger partial charge in [-0.2, -0.15) is 0 Å². The average molecular weight is 1080 g/mol. The number of carbonyl (C=O) groups excluding carboxylic acids is 2. The second-order valence-electron chi connectivity index (χ2n) is 22.5. The molecule has 1 saturated heterocycles. The zero-order valence-corrected chi connectivity index (χ0v) is 49.2. The summed E-state index contributed by atoms with van der Waals surface area (Å²) >= 11 is 0. The molecule has 0 aliphatic carbocycles. The minimum absolute atomic E-state index is 0.00538. The molecule has 1 aliphatic rings. The Hall–Kier alpha value is -2.12. The molecule has 1 rings (SSSR count). The predicted molar refractivity (Wildman–Crippen MR) is 315 cm³/mol. The zero-order valence-electron chi connectivity index (χ0n) is 49.2. The van der Waals surface area contributed by atoms with Crippen LogP contribution in [-0.4, -0.2) is 100 Å². The monoisotopic (exact) mass is 1080 g/mol. The van der Waals surface area contributed by atoms with Crippen molar-refractivity contribution in [1.82, 2.24) is 5.32 Å². The predicted octanol–water partition coefficient (Wildman–Crippen LogP) is 15.5. The molecule has 0 aromatic heterocycles. The molecule has 0 saturated carbocycles. The maximum Gasteiger partial charge on any atom is 0.305 e. The molecule has 1 fully saturated rings. The summed E-state index contributed by atoms with van der Waals surface area (Å²) < 4.78 is 16.7. The van der Waals surface area contributed by atoms with E-state index in [4.69, 9.17) is 14.2 Å². The third-order valence-corrected chi connectivity index (χ3v) is 15.2. The Morgan fingerprint density at radius 1 is 0.474 bits per heavy atom. The number of aliphatic hydroxyl groups is 5. The number of allylic oxidation sites excluding steroid dienone is 5. The second kappa shape index (κ2) is 54.8. The Morgan fingerprint density at radius 3 is 1.33 bits per heavy atom. The first-order chi connectivity index (χ1) is 37.2. The fourth-order valence-electron chi connectivity index (χ4n) is 10.1. The molecule has 11 nitrogen and oxygen atoms in total. The van der Waals surface area contributed by atoms with Crippen LogP contribution in [0.5, 0.6) is 0 Å². The van der Waals surface area contributed by atoms with Crippen molar-refractivity contribution in [1.29, 1.82) is 0 Å². The van der Waals surface area contributed by atoms with Crippen molar-refractivity contribution in [2.24, 2.45) is 0 Å². The van der Waals surface area contributed by atoms with Crippen molar-refractivity contribution < 1.29 is 49.3 Å². The summed E-state index contributed by atoms with van der Waals surface area (Å²) in [6.07, 6.45) is 58.5. The first kappa shape index (κ1) is 71.9. The van der Waals surface area contributed by atoms with Gasteiger partial charge in [-0.1, -0.05) is 256 Å². The van der Waals surface area contributed by atoms with Gasteiger partial charge < -0.3 is 45.1 Å². The third kappa shape index (κ3) is 43.7. The van der Waals surface area contributed by atoms with Crippen molar-refractivity contribution in [2.45, 2.75) is 346 Å². The molecule has 0 aromatic rings. The van der Waals surface area contributed by atoms with Crippen LogP contribution in [0, 0.1) is 0 Å². The van der Waals surface area contributed by atoms with E-state index >= 15 is 0 Å². The SMILES string of the molecule is CCCCC/C=C/CC/C=C/C(O)C(COC1OC(CO)C(O)C(O)C1O)NC(=O)CCCCCCCCCCCC/C=C\CCCCCCCCCCCCCCOC(=O)CCCCCCCCCCCCCCC. The summed E-state index contributed by atoms with van der Waals surface area (Å²) in [5.41, 5.74) is 0. The number of hydrogen-bond acceptors (Lipinski definition) is 10. The summed E-state index contributed by atoms with van der Waals surface area (Å²) in [6.45, 7) is 4.29. The molecule has 0 radical (unpaired) electrons. The largest absolute Gasteiger partial charge is 0.466 e. The molecule has 11 heteroatoms. The van der Waals surface area contributed by atoms with Gasteiger partial charge in [0, 0.05) is 12.8 Å². The van der Waals surface area contributed by atoms with Gasteiger partial charge in [0.2, 0.25) is 5.91 Å². The van der Waals surface area contributed by atoms with E-state index in [9.17, 15) is 35.1 Å². The Bertz CT molecular complexity index is 1360. The van der Waals surface area contributed by atoms with Crippen LogP contribution >= 0.6 is 0 Å². The maximum absolute atomic E-state index is 13.0. The molecule has 0 bridgehead atoms. The van der Waals surface area contributed by atoms with Gasteiger partial charge in [-0.25, -0.2) is 0 Å². The van der Waals surface area contributed by atoms with Crippen molar-refractivity contribution in [3.8, 4) is 0 Å². The summed E-state index contributed by atoms with van der Waals surface area (Å²) in [5.74, 6) is -0.190. The Kier molecular flexibility index (Phi) is 51.9. The molecule has 1 amide bonds. The van der Waals surface area contributed by atoms with Crippen molar-refractivity contribution in [3.63, 3.8) is 0 Å². The van der Waals surface area contributed by atoms with E-state index in [2.05, 4.69) is 43.5 Å². The van der Waals surface area contributed by atoms with E-state index in [0.717, 1.165) is 57.8 Å². The average Bonchev–Trinajstić information content (AvgIpc) is 3.42. The fourth-order valence-corrected chi connectivity index (χ4v) is 10.1. The molecular weight excluding hydrogens is 955 g/mol. The van der Waals surface area contributed by atoms with Gasteiger partial charge in [0.25, 0.3) is 0 Å². The minimum atomic E-state index is -1.58. The van der Waals surface area contributed by atoms with E-state index in [1.165, 1.54) is 218 Å². The van der Waals surface area contributed by atoms with Crippen molar-refractivity contribution in [3.05, 3.63) is 36.5 Å². The molecule has 7 unspecified atom stereocenters. The normalized spacial score (nSPS) is 18.9. The van der Waals surface area contributed by atoms with Crippen molar-refractivity contribution in [2.75, 3.05) is 19.8 Å². The molecule has 446 valence electrons. The highest BCUT2D eigenvalue weighted by Gasteiger charge is 2.44. The van der Waals surface area contributed by atoms with Crippen LogP contribution in [0.1, 0.15) is 303 Å². The topological polar surface area (TPSA) is 175 Å². The third-order valence-electron chi connectivity index (χ3n) is 15.2. The Balaban J connectivity index is 1.97. The summed E-state index contributed by atoms with van der Waals surface area (Å²) in [7, 11) is 0. The Morgan fingerprint density at radius 2 is 0.855 bits per heavy atom. The van der Waals surface area contributed by atoms with E-state index in [-0.39, 0.29) is 18.5 Å². The number of unbranched alkanes of at least 4 members (excludes halogenated alkanes) is 38. The van der Waals surface area contributed by atoms with Gasteiger partial charge in [0.15, 0.2) is 6.29 Å². The zero-order chi connectivity index (χ0) is 55.2. The molecule has 0 spiro atoms. The molecule has 0 aromatic carbocycles. The molecule has 7 atom stereocenters. The van der Waals surface area contributed by atoms with Gasteiger partial charge >= 0.3 is 5.97 Å². The molecule has 1 heterocycles. The quantitative estimate of drug-likeness (QED) is 0.0195. The van der Waals surface area contributed by atoms with Crippen LogP contribution < -0.4 is 5.32 Å². The lowest BCUT2D eigenvalue weighted by molar-refractivity contribution is -0.302. The lowest BCUT2D eigenvalue weighted by atomic mass is 9.99. The number of nitrogens with one attached hydrogen (secondary N) is 1. The maximum atomic E-state index is 13.0. The van der Waals surface area contributed by atoms with Crippen LogP contribution in [0.25, 0.3) is 0 Å². The lowest BCUT2D eigenvalue weighted by Gasteiger charge is -2.40. The number of rotatable bonds is 56. The number of ether oxygens (including phenoxy) is 3. The number of hydrogen-bond donors (Lipinski definition) is 6. The van der Waals surface area contributed by atoms with Gasteiger partial charge in [0.1, 0.15) is 24.4 Å². The molecular formula is C65H121NO10. The number of aliphatic hydroxyl groups excluding tert-OH is 5. The van der Waals surface area contributed by atoms with Gasteiger partial charge in [-0.15, -0.1) is 0 Å². The molecule has 76 heavy (non-hydrogen) atoms. The lowest BCUT2D eigenvalue weighted by Crippen LogP contribution is -2.60. The van der Waals surface area contributed by atoms with Gasteiger partial charge in [0.05, 0.1) is 32.0 Å². The summed E-state index contributed by atoms with van der Waals surface area (Å²) in [4.78, 5) is 25.0. The highest BCUT2D eigenvalue weighted by Crippen LogP contribution is 2.23.